The number of carboxylic acid groups (broad SMARTS) is 1. The van der Waals surface area contributed by atoms with E-state index in [9.17, 15) is 19.5 Å². The topological polar surface area (TPSA) is 199 Å². The van der Waals surface area contributed by atoms with Crippen molar-refractivity contribution in [2.45, 2.75) is 22.3 Å². The average Bonchev–Trinajstić information content (AvgIpc) is 3.36. The molecular formula is C21H24N8O5S3. The van der Waals surface area contributed by atoms with Gasteiger partial charge in [-0.1, -0.05) is 47.0 Å². The Hall–Kier alpha value is -3.21. The lowest BCUT2D eigenvalue weighted by Gasteiger charge is -2.53. The van der Waals surface area contributed by atoms with Crippen LogP contribution in [0.25, 0.3) is 0 Å². The van der Waals surface area contributed by atoms with Gasteiger partial charge in [-0.25, -0.2) is 4.98 Å². The molecule has 0 radical (unpaired) electrons. The Bertz CT molecular complexity index is 1240. The van der Waals surface area contributed by atoms with E-state index in [4.69, 9.17) is 16.3 Å². The van der Waals surface area contributed by atoms with Crippen molar-refractivity contribution in [2.75, 3.05) is 30.4 Å². The fourth-order valence-electron chi connectivity index (χ4n) is 3.64. The molecule has 2 fully saturated rings. The van der Waals surface area contributed by atoms with Gasteiger partial charge in [-0.2, -0.15) is 0 Å². The SMILES string of the molecule is C=CCON=C(C(=O)NC1C(=O)N2CC(CSc3nnc(CN)s3)(C(=O)O)CS[C@H]12)c1cccc(N)n1. The summed E-state index contributed by atoms with van der Waals surface area (Å²) in [5, 5.41) is 24.8. The van der Waals surface area contributed by atoms with Crippen LogP contribution in [-0.4, -0.2) is 84.8 Å². The zero-order valence-corrected chi connectivity index (χ0v) is 21.9. The first-order valence-electron chi connectivity index (χ1n) is 10.9. The van der Waals surface area contributed by atoms with E-state index in [0.717, 1.165) is 0 Å². The summed E-state index contributed by atoms with van der Waals surface area (Å²) in [6, 6.07) is 3.87. The van der Waals surface area contributed by atoms with Crippen molar-refractivity contribution < 1.29 is 24.3 Å². The van der Waals surface area contributed by atoms with Crippen molar-refractivity contribution in [3.63, 3.8) is 0 Å². The molecule has 37 heavy (non-hydrogen) atoms. The van der Waals surface area contributed by atoms with E-state index in [2.05, 4.69) is 32.2 Å². The molecule has 2 unspecified atom stereocenters. The van der Waals surface area contributed by atoms with Crippen molar-refractivity contribution in [1.82, 2.24) is 25.4 Å². The summed E-state index contributed by atoms with van der Waals surface area (Å²) in [7, 11) is 0. The number of thioether (sulfide) groups is 2. The van der Waals surface area contributed by atoms with E-state index in [0.29, 0.717) is 9.35 Å². The van der Waals surface area contributed by atoms with Crippen LogP contribution in [0.3, 0.4) is 0 Å². The Morgan fingerprint density at radius 3 is 2.92 bits per heavy atom. The van der Waals surface area contributed by atoms with Gasteiger partial charge in [-0.15, -0.1) is 22.0 Å². The van der Waals surface area contributed by atoms with Crippen LogP contribution in [0.2, 0.25) is 0 Å². The number of rotatable bonds is 11. The molecule has 2 saturated heterocycles. The van der Waals surface area contributed by atoms with Crippen LogP contribution in [0, 0.1) is 5.41 Å². The fraction of sp³-hybridized carbons (Fsp3) is 0.381. The molecule has 4 rings (SSSR count). The highest BCUT2D eigenvalue weighted by atomic mass is 32.2. The largest absolute Gasteiger partial charge is 0.481 e. The summed E-state index contributed by atoms with van der Waals surface area (Å²) >= 11 is 3.89. The van der Waals surface area contributed by atoms with Crippen molar-refractivity contribution in [1.29, 1.82) is 0 Å². The second kappa shape index (κ2) is 11.5. The van der Waals surface area contributed by atoms with Crippen LogP contribution in [0.5, 0.6) is 0 Å². The number of carboxylic acids is 1. The number of β-lactam (4-membered cyclic amide) rings is 1. The van der Waals surface area contributed by atoms with Gasteiger partial charge < -0.3 is 31.6 Å². The lowest BCUT2D eigenvalue weighted by atomic mass is 9.89. The molecular weight excluding hydrogens is 540 g/mol. The summed E-state index contributed by atoms with van der Waals surface area (Å²) in [5.74, 6) is -1.41. The second-order valence-electron chi connectivity index (χ2n) is 8.13. The number of anilines is 1. The number of aliphatic carboxylic acids is 1. The summed E-state index contributed by atoms with van der Waals surface area (Å²) in [5.41, 5.74) is 10.2. The number of hydrogen-bond donors (Lipinski definition) is 4. The first kappa shape index (κ1) is 26.8. The number of nitrogens with one attached hydrogen (secondary N) is 1. The average molecular weight is 565 g/mol. The molecule has 0 bridgehead atoms. The van der Waals surface area contributed by atoms with Gasteiger partial charge in [-0.3, -0.25) is 14.4 Å². The van der Waals surface area contributed by atoms with Gasteiger partial charge in [0.15, 0.2) is 10.1 Å². The van der Waals surface area contributed by atoms with Gasteiger partial charge in [0, 0.05) is 24.6 Å². The first-order valence-corrected chi connectivity index (χ1v) is 13.8. The van der Waals surface area contributed by atoms with Gasteiger partial charge in [0.1, 0.15) is 40.0 Å². The minimum atomic E-state index is -1.18. The molecule has 13 nitrogen and oxygen atoms in total. The number of pyridine rings is 1. The van der Waals surface area contributed by atoms with Crippen LogP contribution in [0.15, 0.2) is 40.3 Å². The third-order valence-corrected chi connectivity index (χ3v) is 9.51. The number of oxime groups is 1. The summed E-state index contributed by atoms with van der Waals surface area (Å²) in [6.07, 6.45) is 1.47. The van der Waals surface area contributed by atoms with Crippen LogP contribution in [0.4, 0.5) is 5.82 Å². The standard InChI is InChI=1S/C21H24N8O5S3/c1-2-6-34-28-14(11-4-3-5-12(23)24-11)16(30)25-15-17(31)29-8-21(19(32)33,9-35-18(15)29)10-36-20-27-26-13(7-22)37-20/h2-5,15,18H,1,6-10,22H2,(H2,23,24)(H,25,30)(H,32,33)/t15?,18-,21?/m1/s1. The Morgan fingerprint density at radius 1 is 1.43 bits per heavy atom. The molecule has 4 heterocycles. The van der Waals surface area contributed by atoms with E-state index in [1.54, 1.807) is 18.2 Å². The number of hydrogen-bond acceptors (Lipinski definition) is 13. The van der Waals surface area contributed by atoms with Gasteiger partial charge in [0.2, 0.25) is 5.91 Å². The Balaban J connectivity index is 1.43. The smallest absolute Gasteiger partial charge is 0.313 e. The van der Waals surface area contributed by atoms with Crippen molar-refractivity contribution in [2.24, 2.45) is 16.3 Å². The zero-order valence-electron chi connectivity index (χ0n) is 19.4. The maximum Gasteiger partial charge on any atom is 0.313 e. The summed E-state index contributed by atoms with van der Waals surface area (Å²) < 4.78 is 0.619. The number of fused-ring (bicyclic) bond motifs is 1. The van der Waals surface area contributed by atoms with Crippen molar-refractivity contribution in [3.05, 3.63) is 41.6 Å². The molecule has 0 spiro atoms. The van der Waals surface area contributed by atoms with Gasteiger partial charge >= 0.3 is 5.97 Å². The molecule has 0 saturated carbocycles. The molecule has 2 aromatic rings. The lowest BCUT2D eigenvalue weighted by molar-refractivity contribution is -0.157. The molecule has 2 aliphatic rings. The van der Waals surface area contributed by atoms with Crippen LogP contribution in [0.1, 0.15) is 10.7 Å². The Labute approximate surface area is 224 Å². The highest BCUT2D eigenvalue weighted by Gasteiger charge is 2.57. The minimum Gasteiger partial charge on any atom is -0.481 e. The van der Waals surface area contributed by atoms with Crippen molar-refractivity contribution >= 4 is 64.2 Å². The van der Waals surface area contributed by atoms with Crippen molar-refractivity contribution in [3.8, 4) is 0 Å². The third kappa shape index (κ3) is 5.71. The highest BCUT2D eigenvalue weighted by molar-refractivity contribution is 8.01. The number of nitrogens with two attached hydrogens (primary N) is 2. The maximum atomic E-state index is 13.1. The highest BCUT2D eigenvalue weighted by Crippen LogP contribution is 2.44. The molecule has 16 heteroatoms. The first-order chi connectivity index (χ1) is 17.8. The van der Waals surface area contributed by atoms with Crippen LogP contribution < -0.4 is 16.8 Å². The lowest BCUT2D eigenvalue weighted by Crippen LogP contribution is -2.74. The molecule has 3 atom stereocenters. The Morgan fingerprint density at radius 2 is 2.24 bits per heavy atom. The van der Waals surface area contributed by atoms with Crippen LogP contribution in [-0.2, 0) is 25.8 Å². The molecule has 2 aliphatic heterocycles. The third-order valence-electron chi connectivity index (χ3n) is 5.56. The van der Waals surface area contributed by atoms with Gasteiger partial charge in [0.25, 0.3) is 5.91 Å². The summed E-state index contributed by atoms with van der Waals surface area (Å²) in [6.45, 7) is 3.87. The maximum absolute atomic E-state index is 13.1. The number of amides is 2. The number of aromatic nitrogens is 3. The predicted octanol–water partition coefficient (Wildman–Crippen LogP) is 0.144. The van der Waals surface area contributed by atoms with Gasteiger partial charge in [-0.05, 0) is 12.1 Å². The predicted molar refractivity (Wildman–Crippen MR) is 140 cm³/mol. The van der Waals surface area contributed by atoms with Crippen LogP contribution >= 0.6 is 34.9 Å². The monoisotopic (exact) mass is 564 g/mol. The molecule has 6 N–H and O–H groups in total. The molecule has 0 aliphatic carbocycles. The molecule has 196 valence electrons. The van der Waals surface area contributed by atoms with Gasteiger partial charge in [0.05, 0.1) is 0 Å². The number of nitrogen functional groups attached to an aromatic ring is 1. The molecule has 2 amide bonds. The molecule has 2 aromatic heterocycles. The van der Waals surface area contributed by atoms with E-state index >= 15 is 0 Å². The number of nitrogens with zero attached hydrogens (tertiary/aromatic N) is 5. The van der Waals surface area contributed by atoms with E-state index < -0.39 is 28.7 Å². The quantitative estimate of drug-likeness (QED) is 0.0720. The normalized spacial score (nSPS) is 23.1. The number of carbonyl (C=O) groups excluding carboxylic acids is 2. The second-order valence-corrected chi connectivity index (χ2v) is 11.5. The van der Waals surface area contributed by atoms with E-state index in [1.807, 2.05) is 0 Å². The Kier molecular flexibility index (Phi) is 8.31. The zero-order chi connectivity index (χ0) is 26.6. The number of carbonyl (C=O) groups is 3. The van der Waals surface area contributed by atoms with E-state index in [-0.39, 0.29) is 54.3 Å². The minimum absolute atomic E-state index is 0.0148. The van der Waals surface area contributed by atoms with E-state index in [1.165, 1.54) is 45.8 Å². The fourth-order valence-corrected chi connectivity index (χ4v) is 7.27. The molecule has 0 aromatic carbocycles. The summed E-state index contributed by atoms with van der Waals surface area (Å²) in [4.78, 5) is 49.0.